The Labute approximate surface area is 105 Å². The molecule has 1 aliphatic rings. The fourth-order valence-electron chi connectivity index (χ4n) is 1.90. The maximum Gasteiger partial charge on any atom is 0.239 e. The van der Waals surface area contributed by atoms with E-state index in [1.165, 1.54) is 5.56 Å². The first-order chi connectivity index (χ1) is 8.22. The highest BCUT2D eigenvalue weighted by Crippen LogP contribution is 2.26. The van der Waals surface area contributed by atoms with Gasteiger partial charge in [-0.25, -0.2) is 0 Å². The van der Waals surface area contributed by atoms with Crippen LogP contribution in [0.25, 0.3) is 6.08 Å². The topological polar surface area (TPSA) is 38.3 Å². The summed E-state index contributed by atoms with van der Waals surface area (Å²) >= 11 is 5.46. The second kappa shape index (κ2) is 5.23. The van der Waals surface area contributed by atoms with Crippen LogP contribution in [-0.2, 0) is 11.2 Å². The number of hydrogen-bond donors (Lipinski definition) is 1. The Morgan fingerprint density at radius 3 is 3.00 bits per heavy atom. The van der Waals surface area contributed by atoms with E-state index in [1.807, 2.05) is 18.2 Å². The summed E-state index contributed by atoms with van der Waals surface area (Å²) in [5, 5.41) is 2.80. The van der Waals surface area contributed by atoms with Crippen molar-refractivity contribution in [3.05, 3.63) is 35.0 Å². The van der Waals surface area contributed by atoms with Crippen LogP contribution < -0.4 is 10.1 Å². The van der Waals surface area contributed by atoms with E-state index in [0.29, 0.717) is 0 Å². The molecule has 0 spiro atoms. The van der Waals surface area contributed by atoms with Crippen LogP contribution in [0.15, 0.2) is 23.9 Å². The van der Waals surface area contributed by atoms with Gasteiger partial charge in [-0.05, 0) is 42.2 Å². The molecule has 0 fully saturated rings. The smallest absolute Gasteiger partial charge is 0.239 e. The Hall–Kier alpha value is -1.48. The van der Waals surface area contributed by atoms with Crippen molar-refractivity contribution in [2.75, 3.05) is 13.0 Å². The lowest BCUT2D eigenvalue weighted by Gasteiger charge is -2.17. The predicted molar refractivity (Wildman–Crippen MR) is 68.2 cm³/mol. The van der Waals surface area contributed by atoms with E-state index >= 15 is 0 Å². The lowest BCUT2D eigenvalue weighted by molar-refractivity contribution is -0.118. The molecule has 0 bridgehead atoms. The summed E-state index contributed by atoms with van der Waals surface area (Å²) in [5.41, 5.74) is 3.28. The minimum absolute atomic E-state index is 0.0116. The SMILES string of the molecule is COc1ccc2c(c1)C=C(NC(=O)CCl)CC2. The number of nitrogens with one attached hydrogen (secondary N) is 1. The second-order valence-corrected chi connectivity index (χ2v) is 4.18. The van der Waals surface area contributed by atoms with Gasteiger partial charge in [0, 0.05) is 5.70 Å². The van der Waals surface area contributed by atoms with Gasteiger partial charge in [0.2, 0.25) is 5.91 Å². The molecule has 3 nitrogen and oxygen atoms in total. The van der Waals surface area contributed by atoms with Crippen LogP contribution >= 0.6 is 11.6 Å². The van der Waals surface area contributed by atoms with E-state index in [-0.39, 0.29) is 11.8 Å². The van der Waals surface area contributed by atoms with Gasteiger partial charge in [0.05, 0.1) is 7.11 Å². The summed E-state index contributed by atoms with van der Waals surface area (Å²) in [7, 11) is 1.64. The third kappa shape index (κ3) is 2.80. The number of amides is 1. The number of alkyl halides is 1. The molecule has 0 saturated carbocycles. The standard InChI is InChI=1S/C13H14ClNO2/c1-17-12-5-3-9-2-4-11(6-10(9)7-12)15-13(16)8-14/h3,5-7H,2,4,8H2,1H3,(H,15,16). The fourth-order valence-corrected chi connectivity index (χ4v) is 1.97. The fraction of sp³-hybridized carbons (Fsp3) is 0.308. The first kappa shape index (κ1) is 12.0. The van der Waals surface area contributed by atoms with Gasteiger partial charge in [-0.1, -0.05) is 6.07 Å². The van der Waals surface area contributed by atoms with Crippen LogP contribution in [0.1, 0.15) is 17.5 Å². The Bertz CT molecular complexity index is 468. The van der Waals surface area contributed by atoms with E-state index in [4.69, 9.17) is 16.3 Å². The average molecular weight is 252 g/mol. The average Bonchev–Trinajstić information content (AvgIpc) is 2.37. The van der Waals surface area contributed by atoms with Crippen LogP contribution in [0.2, 0.25) is 0 Å². The Morgan fingerprint density at radius 1 is 1.47 bits per heavy atom. The molecule has 1 aliphatic carbocycles. The van der Waals surface area contributed by atoms with Gasteiger partial charge >= 0.3 is 0 Å². The number of hydrogen-bond acceptors (Lipinski definition) is 2. The van der Waals surface area contributed by atoms with E-state index in [0.717, 1.165) is 29.9 Å². The van der Waals surface area contributed by atoms with Gasteiger partial charge in [-0.15, -0.1) is 11.6 Å². The van der Waals surface area contributed by atoms with Crippen molar-refractivity contribution in [2.45, 2.75) is 12.8 Å². The Morgan fingerprint density at radius 2 is 2.29 bits per heavy atom. The van der Waals surface area contributed by atoms with Crippen LogP contribution in [0, 0.1) is 0 Å². The first-order valence-electron chi connectivity index (χ1n) is 5.46. The minimum atomic E-state index is -0.163. The van der Waals surface area contributed by atoms with E-state index in [2.05, 4.69) is 11.4 Å². The lowest BCUT2D eigenvalue weighted by atomic mass is 9.95. The Kier molecular flexibility index (Phi) is 3.69. The van der Waals surface area contributed by atoms with Crippen molar-refractivity contribution in [3.8, 4) is 5.75 Å². The van der Waals surface area contributed by atoms with Gasteiger partial charge in [0.1, 0.15) is 11.6 Å². The summed E-state index contributed by atoms with van der Waals surface area (Å²) in [6.07, 6.45) is 3.74. The van der Waals surface area contributed by atoms with Crippen molar-refractivity contribution in [3.63, 3.8) is 0 Å². The van der Waals surface area contributed by atoms with Gasteiger partial charge in [-0.2, -0.15) is 0 Å². The molecule has 1 N–H and O–H groups in total. The molecule has 0 atom stereocenters. The summed E-state index contributed by atoms with van der Waals surface area (Å²) in [5.74, 6) is 0.650. The summed E-state index contributed by atoms with van der Waals surface area (Å²) in [6.45, 7) is 0. The van der Waals surface area contributed by atoms with Crippen LogP contribution in [0.3, 0.4) is 0 Å². The summed E-state index contributed by atoms with van der Waals surface area (Å²) in [6, 6.07) is 5.99. The van der Waals surface area contributed by atoms with Crippen LogP contribution in [0.4, 0.5) is 0 Å². The molecule has 0 aliphatic heterocycles. The quantitative estimate of drug-likeness (QED) is 0.838. The zero-order chi connectivity index (χ0) is 12.3. The minimum Gasteiger partial charge on any atom is -0.497 e. The predicted octanol–water partition coefficient (Wildman–Crippen LogP) is 2.34. The van der Waals surface area contributed by atoms with Crippen molar-refractivity contribution < 1.29 is 9.53 Å². The highest BCUT2D eigenvalue weighted by atomic mass is 35.5. The maximum atomic E-state index is 11.2. The molecule has 1 amide bonds. The first-order valence-corrected chi connectivity index (χ1v) is 5.99. The molecule has 17 heavy (non-hydrogen) atoms. The molecule has 0 radical (unpaired) electrons. The van der Waals surface area contributed by atoms with Crippen molar-refractivity contribution >= 4 is 23.6 Å². The monoisotopic (exact) mass is 251 g/mol. The number of fused-ring (bicyclic) bond motifs is 1. The highest BCUT2D eigenvalue weighted by Gasteiger charge is 2.12. The normalized spacial score (nSPS) is 13.6. The number of carbonyl (C=O) groups excluding carboxylic acids is 1. The third-order valence-corrected chi connectivity index (χ3v) is 3.01. The lowest BCUT2D eigenvalue weighted by Crippen LogP contribution is -2.25. The third-order valence-electron chi connectivity index (χ3n) is 2.77. The van der Waals surface area contributed by atoms with E-state index in [9.17, 15) is 4.79 Å². The van der Waals surface area contributed by atoms with Gasteiger partial charge in [0.25, 0.3) is 0 Å². The molecule has 4 heteroatoms. The Balaban J connectivity index is 2.23. The largest absolute Gasteiger partial charge is 0.497 e. The number of halogens is 1. The molecule has 2 rings (SSSR count). The van der Waals surface area contributed by atoms with Gasteiger partial charge in [-0.3, -0.25) is 4.79 Å². The number of allylic oxidation sites excluding steroid dienone is 1. The molecular formula is C13H14ClNO2. The van der Waals surface area contributed by atoms with Crippen molar-refractivity contribution in [2.24, 2.45) is 0 Å². The zero-order valence-electron chi connectivity index (χ0n) is 9.63. The summed E-state index contributed by atoms with van der Waals surface area (Å²) in [4.78, 5) is 11.2. The van der Waals surface area contributed by atoms with Gasteiger partial charge < -0.3 is 10.1 Å². The molecule has 1 aromatic carbocycles. The van der Waals surface area contributed by atoms with Crippen LogP contribution in [0.5, 0.6) is 5.75 Å². The molecular weight excluding hydrogens is 238 g/mol. The summed E-state index contributed by atoms with van der Waals surface area (Å²) < 4.78 is 5.18. The molecule has 0 unspecified atom stereocenters. The number of aryl methyl sites for hydroxylation is 1. The van der Waals surface area contributed by atoms with Crippen molar-refractivity contribution in [1.82, 2.24) is 5.32 Å². The molecule has 90 valence electrons. The van der Waals surface area contributed by atoms with Crippen LogP contribution in [-0.4, -0.2) is 18.9 Å². The zero-order valence-corrected chi connectivity index (χ0v) is 10.4. The second-order valence-electron chi connectivity index (χ2n) is 3.92. The molecule has 0 saturated heterocycles. The maximum absolute atomic E-state index is 11.2. The van der Waals surface area contributed by atoms with Crippen molar-refractivity contribution in [1.29, 1.82) is 0 Å². The number of methoxy groups -OCH3 is 1. The highest BCUT2D eigenvalue weighted by molar-refractivity contribution is 6.27. The van der Waals surface area contributed by atoms with E-state index in [1.54, 1.807) is 7.11 Å². The number of benzene rings is 1. The number of rotatable bonds is 3. The van der Waals surface area contributed by atoms with E-state index < -0.39 is 0 Å². The molecule has 0 aromatic heterocycles. The molecule has 0 heterocycles. The van der Waals surface area contributed by atoms with Gasteiger partial charge in [0.15, 0.2) is 0 Å². The molecule has 1 aromatic rings. The number of carbonyl (C=O) groups is 1. The number of ether oxygens (including phenoxy) is 1.